The number of para-hydroxylation sites is 2. The molecule has 8 aromatic carbocycles. The molecule has 0 amide bonds. The molecular formula is C51H32N4O2. The van der Waals surface area contributed by atoms with E-state index in [9.17, 15) is 0 Å². The molecule has 0 unspecified atom stereocenters. The third-order valence-corrected chi connectivity index (χ3v) is 10.5. The van der Waals surface area contributed by atoms with Crippen LogP contribution in [0.5, 0.6) is 0 Å². The fourth-order valence-electron chi connectivity index (χ4n) is 7.79. The number of hydrogen-bond donors (Lipinski definition) is 0. The molecule has 0 aliphatic carbocycles. The molecule has 3 aromatic heterocycles. The predicted molar refractivity (Wildman–Crippen MR) is 231 cm³/mol. The summed E-state index contributed by atoms with van der Waals surface area (Å²) in [5, 5.41) is 4.15. The second kappa shape index (κ2) is 13.5. The van der Waals surface area contributed by atoms with Crippen molar-refractivity contribution in [2.45, 2.75) is 0 Å². The summed E-state index contributed by atoms with van der Waals surface area (Å²) in [6.07, 6.45) is 0. The van der Waals surface area contributed by atoms with Gasteiger partial charge in [0.1, 0.15) is 22.3 Å². The number of nitrogens with zero attached hydrogens (tertiary/aromatic N) is 4. The van der Waals surface area contributed by atoms with Crippen LogP contribution >= 0.6 is 0 Å². The van der Waals surface area contributed by atoms with Crippen molar-refractivity contribution in [2.75, 3.05) is 4.90 Å². The Hall–Kier alpha value is -7.83. The zero-order valence-electron chi connectivity index (χ0n) is 30.6. The second-order valence-corrected chi connectivity index (χ2v) is 14.0. The van der Waals surface area contributed by atoms with Gasteiger partial charge in [-0.1, -0.05) is 127 Å². The van der Waals surface area contributed by atoms with Crippen molar-refractivity contribution in [1.82, 2.24) is 15.0 Å². The highest BCUT2D eigenvalue weighted by molar-refractivity contribution is 6.14. The van der Waals surface area contributed by atoms with Crippen LogP contribution in [0.3, 0.4) is 0 Å². The van der Waals surface area contributed by atoms with Crippen molar-refractivity contribution in [1.29, 1.82) is 0 Å². The maximum atomic E-state index is 6.65. The monoisotopic (exact) mass is 732 g/mol. The van der Waals surface area contributed by atoms with Crippen LogP contribution in [0, 0.1) is 0 Å². The van der Waals surface area contributed by atoms with Crippen LogP contribution in [-0.4, -0.2) is 15.0 Å². The number of benzene rings is 8. The van der Waals surface area contributed by atoms with Crippen LogP contribution in [-0.2, 0) is 0 Å². The van der Waals surface area contributed by atoms with Crippen LogP contribution in [0.1, 0.15) is 0 Å². The number of anilines is 3. The van der Waals surface area contributed by atoms with E-state index in [2.05, 4.69) is 120 Å². The Morgan fingerprint density at radius 3 is 1.49 bits per heavy atom. The average molecular weight is 733 g/mol. The largest absolute Gasteiger partial charge is 0.456 e. The molecule has 6 heteroatoms. The minimum absolute atomic E-state index is 0.551. The van der Waals surface area contributed by atoms with E-state index in [1.165, 1.54) is 11.1 Å². The van der Waals surface area contributed by atoms with E-state index in [-0.39, 0.29) is 0 Å². The lowest BCUT2D eigenvalue weighted by Crippen LogP contribution is -2.10. The highest BCUT2D eigenvalue weighted by atomic mass is 16.3. The number of furan rings is 2. The summed E-state index contributed by atoms with van der Waals surface area (Å²) in [4.78, 5) is 17.3. The molecule has 0 atom stereocenters. The summed E-state index contributed by atoms with van der Waals surface area (Å²) in [7, 11) is 0. The Kier molecular flexibility index (Phi) is 7.71. The molecule has 0 radical (unpaired) electrons. The fraction of sp³-hybridized carbons (Fsp3) is 0. The predicted octanol–water partition coefficient (Wildman–Crippen LogP) is 13.8. The summed E-state index contributed by atoms with van der Waals surface area (Å²) in [5.41, 5.74) is 11.2. The highest BCUT2D eigenvalue weighted by Crippen LogP contribution is 2.44. The highest BCUT2D eigenvalue weighted by Gasteiger charge is 2.21. The summed E-state index contributed by atoms with van der Waals surface area (Å²) >= 11 is 0. The Labute approximate surface area is 328 Å². The smallest absolute Gasteiger partial charge is 0.164 e. The molecule has 6 nitrogen and oxygen atoms in total. The zero-order valence-corrected chi connectivity index (χ0v) is 30.6. The van der Waals surface area contributed by atoms with Crippen molar-refractivity contribution in [3.63, 3.8) is 0 Å². The van der Waals surface area contributed by atoms with Crippen LogP contribution in [0.4, 0.5) is 17.1 Å². The molecule has 0 bridgehead atoms. The van der Waals surface area contributed by atoms with Gasteiger partial charge in [0.15, 0.2) is 17.5 Å². The first-order valence-corrected chi connectivity index (χ1v) is 18.9. The molecule has 0 spiro atoms. The minimum atomic E-state index is 0.551. The van der Waals surface area contributed by atoms with Crippen LogP contribution in [0.25, 0.3) is 89.2 Å². The van der Waals surface area contributed by atoms with Gasteiger partial charge in [-0.2, -0.15) is 0 Å². The van der Waals surface area contributed by atoms with Gasteiger partial charge in [-0.3, -0.25) is 0 Å². The number of hydrogen-bond acceptors (Lipinski definition) is 6. The molecule has 0 aliphatic rings. The normalized spacial score (nSPS) is 11.5. The summed E-state index contributed by atoms with van der Waals surface area (Å²) in [6, 6.07) is 66.4. The summed E-state index contributed by atoms with van der Waals surface area (Å²) in [6.45, 7) is 0. The van der Waals surface area contributed by atoms with Crippen molar-refractivity contribution in [2.24, 2.45) is 0 Å². The Bertz CT molecular complexity index is 3230. The lowest BCUT2D eigenvalue weighted by Gasteiger charge is -2.26. The molecule has 11 aromatic rings. The van der Waals surface area contributed by atoms with E-state index < -0.39 is 0 Å². The first-order chi connectivity index (χ1) is 28.2. The molecule has 0 fully saturated rings. The van der Waals surface area contributed by atoms with E-state index in [4.69, 9.17) is 23.8 Å². The Morgan fingerprint density at radius 2 is 0.789 bits per heavy atom. The van der Waals surface area contributed by atoms with Gasteiger partial charge in [0.05, 0.1) is 11.1 Å². The van der Waals surface area contributed by atoms with Crippen LogP contribution < -0.4 is 4.90 Å². The van der Waals surface area contributed by atoms with Gasteiger partial charge >= 0.3 is 0 Å². The molecule has 0 N–H and O–H groups in total. The fourth-order valence-corrected chi connectivity index (χ4v) is 7.79. The quantitative estimate of drug-likeness (QED) is 0.162. The minimum Gasteiger partial charge on any atom is -0.456 e. The third-order valence-electron chi connectivity index (χ3n) is 10.5. The van der Waals surface area contributed by atoms with E-state index in [0.29, 0.717) is 17.5 Å². The van der Waals surface area contributed by atoms with Gasteiger partial charge in [-0.05, 0) is 77.9 Å². The van der Waals surface area contributed by atoms with Gasteiger partial charge in [-0.25, -0.2) is 15.0 Å². The lowest BCUT2D eigenvalue weighted by atomic mass is 10.0. The Morgan fingerprint density at radius 1 is 0.316 bits per heavy atom. The molecule has 0 aliphatic heterocycles. The first kappa shape index (κ1) is 32.6. The van der Waals surface area contributed by atoms with Gasteiger partial charge < -0.3 is 13.7 Å². The van der Waals surface area contributed by atoms with Crippen molar-refractivity contribution in [3.8, 4) is 45.3 Å². The third kappa shape index (κ3) is 5.79. The van der Waals surface area contributed by atoms with Crippen LogP contribution in [0.2, 0.25) is 0 Å². The Balaban J connectivity index is 1.04. The van der Waals surface area contributed by atoms with E-state index in [1.807, 2.05) is 78.9 Å². The van der Waals surface area contributed by atoms with E-state index >= 15 is 0 Å². The molecular weight excluding hydrogens is 701 g/mol. The standard InChI is InChI=1S/C51H32N4O2/c1-4-13-33(14-5-1)34-23-27-39(28-24-34)55(38-17-8-3-9-18-38)43-20-12-22-45-48(43)42-30-26-37(32-47(42)57-45)51-53-49(35-15-6-2-7-16-35)52-50(54-51)36-25-29-41-40-19-10-11-21-44(40)56-46(41)31-36/h1-32H. The maximum absolute atomic E-state index is 6.65. The van der Waals surface area contributed by atoms with Gasteiger partial charge in [0.25, 0.3) is 0 Å². The summed E-state index contributed by atoms with van der Waals surface area (Å²) < 4.78 is 12.9. The van der Waals surface area contributed by atoms with Crippen molar-refractivity contribution < 1.29 is 8.83 Å². The first-order valence-electron chi connectivity index (χ1n) is 18.9. The average Bonchev–Trinajstić information content (AvgIpc) is 3.86. The lowest BCUT2D eigenvalue weighted by molar-refractivity contribution is 0.668. The molecule has 3 heterocycles. The molecule has 11 rings (SSSR count). The van der Waals surface area contributed by atoms with E-state index in [1.54, 1.807) is 0 Å². The second-order valence-electron chi connectivity index (χ2n) is 14.0. The molecule has 0 saturated carbocycles. The van der Waals surface area contributed by atoms with Gasteiger partial charge in [0.2, 0.25) is 0 Å². The van der Waals surface area contributed by atoms with Gasteiger partial charge in [-0.15, -0.1) is 0 Å². The number of rotatable bonds is 7. The molecule has 0 saturated heterocycles. The maximum Gasteiger partial charge on any atom is 0.164 e. The number of aromatic nitrogens is 3. The van der Waals surface area contributed by atoms with Gasteiger partial charge in [0, 0.05) is 44.2 Å². The van der Waals surface area contributed by atoms with Crippen LogP contribution in [0.15, 0.2) is 203 Å². The van der Waals surface area contributed by atoms with E-state index in [0.717, 1.165) is 77.6 Å². The zero-order chi connectivity index (χ0) is 37.7. The molecule has 57 heavy (non-hydrogen) atoms. The van der Waals surface area contributed by atoms with Crippen molar-refractivity contribution >= 4 is 60.9 Å². The van der Waals surface area contributed by atoms with Crippen molar-refractivity contribution in [3.05, 3.63) is 194 Å². The summed E-state index contributed by atoms with van der Waals surface area (Å²) in [5.74, 6) is 1.70. The topological polar surface area (TPSA) is 68.2 Å². The SMILES string of the molecule is c1ccc(-c2ccc(N(c3ccccc3)c3cccc4oc5cc(-c6nc(-c7ccccc7)nc(-c7ccc8c(c7)oc7ccccc78)n6)ccc5c34)cc2)cc1. The number of fused-ring (bicyclic) bond motifs is 6. The molecule has 268 valence electrons.